The summed E-state index contributed by atoms with van der Waals surface area (Å²) >= 11 is 0. The Balaban J connectivity index is 0.00000242. The Bertz CT molecular complexity index is 477. The van der Waals surface area contributed by atoms with Crippen molar-refractivity contribution in [2.75, 3.05) is 26.7 Å². The molecule has 0 spiro atoms. The van der Waals surface area contributed by atoms with Gasteiger partial charge in [0.05, 0.1) is 0 Å². The van der Waals surface area contributed by atoms with Gasteiger partial charge >= 0.3 is 0 Å². The van der Waals surface area contributed by atoms with Gasteiger partial charge in [0.1, 0.15) is 5.82 Å². The number of likely N-dealkylation sites (N-methyl/N-ethyl adjacent to an activating group) is 1. The highest BCUT2D eigenvalue weighted by atomic mass is 127. The van der Waals surface area contributed by atoms with Crippen molar-refractivity contribution in [3.05, 3.63) is 35.6 Å². The lowest BCUT2D eigenvalue weighted by Gasteiger charge is -2.20. The molecule has 124 valence electrons. The standard InChI is InChI=1S/C16H25FN4.HI/c1-3-21(15-7-8-15)10-9-19-16(18-2)20-12-13-5-4-6-14(17)11-13;/h4-6,11,15H,3,7-10,12H2,1-2H3,(H2,18,19,20);1H. The lowest BCUT2D eigenvalue weighted by atomic mass is 10.2. The number of aliphatic imine (C=N–C) groups is 1. The summed E-state index contributed by atoms with van der Waals surface area (Å²) in [6, 6.07) is 7.39. The Morgan fingerprint density at radius 1 is 1.36 bits per heavy atom. The number of benzene rings is 1. The van der Waals surface area contributed by atoms with Crippen LogP contribution in [0.4, 0.5) is 4.39 Å². The van der Waals surface area contributed by atoms with Gasteiger partial charge in [-0.2, -0.15) is 0 Å². The first-order valence-corrected chi connectivity index (χ1v) is 7.66. The normalized spacial score (nSPS) is 14.6. The summed E-state index contributed by atoms with van der Waals surface area (Å²) in [4.78, 5) is 6.68. The summed E-state index contributed by atoms with van der Waals surface area (Å²) < 4.78 is 13.1. The quantitative estimate of drug-likeness (QED) is 0.405. The Labute approximate surface area is 149 Å². The molecule has 1 aromatic rings. The van der Waals surface area contributed by atoms with Crippen molar-refractivity contribution >= 4 is 29.9 Å². The zero-order valence-corrected chi connectivity index (χ0v) is 15.6. The van der Waals surface area contributed by atoms with E-state index in [1.807, 2.05) is 6.07 Å². The van der Waals surface area contributed by atoms with Crippen molar-refractivity contribution in [2.45, 2.75) is 32.4 Å². The molecule has 0 bridgehead atoms. The lowest BCUT2D eigenvalue weighted by molar-refractivity contribution is 0.282. The SMILES string of the molecule is CCN(CCNC(=NC)NCc1cccc(F)c1)C1CC1.I. The zero-order valence-electron chi connectivity index (χ0n) is 13.3. The molecule has 0 atom stereocenters. The first kappa shape index (κ1) is 19.2. The fourth-order valence-corrected chi connectivity index (χ4v) is 2.41. The molecule has 1 aliphatic rings. The monoisotopic (exact) mass is 420 g/mol. The molecule has 2 N–H and O–H groups in total. The van der Waals surface area contributed by atoms with E-state index < -0.39 is 0 Å². The summed E-state index contributed by atoms with van der Waals surface area (Å²) in [5.41, 5.74) is 0.908. The molecule has 1 aromatic carbocycles. The van der Waals surface area contributed by atoms with E-state index in [4.69, 9.17) is 0 Å². The number of halogens is 2. The highest BCUT2D eigenvalue weighted by molar-refractivity contribution is 14.0. The Morgan fingerprint density at radius 2 is 2.14 bits per heavy atom. The molecule has 0 radical (unpaired) electrons. The average molecular weight is 420 g/mol. The van der Waals surface area contributed by atoms with E-state index in [-0.39, 0.29) is 29.8 Å². The van der Waals surface area contributed by atoms with Crippen molar-refractivity contribution in [3.63, 3.8) is 0 Å². The summed E-state index contributed by atoms with van der Waals surface area (Å²) in [6.45, 7) is 5.77. The first-order valence-electron chi connectivity index (χ1n) is 7.66. The number of hydrogen-bond donors (Lipinski definition) is 2. The Kier molecular flexibility index (Phi) is 8.70. The maximum Gasteiger partial charge on any atom is 0.191 e. The predicted molar refractivity (Wildman–Crippen MR) is 100 cm³/mol. The fourth-order valence-electron chi connectivity index (χ4n) is 2.41. The molecule has 0 saturated heterocycles. The first-order chi connectivity index (χ1) is 10.2. The highest BCUT2D eigenvalue weighted by Gasteiger charge is 2.27. The summed E-state index contributed by atoms with van der Waals surface area (Å²) in [6.07, 6.45) is 2.67. The van der Waals surface area contributed by atoms with Gasteiger partial charge < -0.3 is 10.6 Å². The van der Waals surface area contributed by atoms with Crippen LogP contribution in [0, 0.1) is 5.82 Å². The van der Waals surface area contributed by atoms with Gasteiger partial charge in [-0.05, 0) is 37.1 Å². The highest BCUT2D eigenvalue weighted by Crippen LogP contribution is 2.25. The lowest BCUT2D eigenvalue weighted by Crippen LogP contribution is -2.41. The molecule has 1 fully saturated rings. The molecule has 6 heteroatoms. The van der Waals surface area contributed by atoms with E-state index in [1.165, 1.54) is 25.0 Å². The molecule has 1 saturated carbocycles. The van der Waals surface area contributed by atoms with E-state index in [0.717, 1.165) is 37.2 Å². The van der Waals surface area contributed by atoms with Crippen LogP contribution in [0.5, 0.6) is 0 Å². The van der Waals surface area contributed by atoms with Crippen molar-refractivity contribution in [1.29, 1.82) is 0 Å². The topological polar surface area (TPSA) is 39.7 Å². The average Bonchev–Trinajstić information content (AvgIpc) is 3.31. The van der Waals surface area contributed by atoms with E-state index in [9.17, 15) is 4.39 Å². The number of rotatable bonds is 7. The largest absolute Gasteiger partial charge is 0.355 e. The number of nitrogens with one attached hydrogen (secondary N) is 2. The van der Waals surface area contributed by atoms with Crippen LogP contribution in [0.15, 0.2) is 29.3 Å². The van der Waals surface area contributed by atoms with Gasteiger partial charge in [0.25, 0.3) is 0 Å². The van der Waals surface area contributed by atoms with E-state index >= 15 is 0 Å². The minimum atomic E-state index is -0.208. The van der Waals surface area contributed by atoms with Gasteiger partial charge in [-0.15, -0.1) is 24.0 Å². The minimum absolute atomic E-state index is 0. The van der Waals surface area contributed by atoms with Crippen LogP contribution >= 0.6 is 24.0 Å². The molecule has 4 nitrogen and oxygen atoms in total. The van der Waals surface area contributed by atoms with Crippen molar-refractivity contribution in [3.8, 4) is 0 Å². The van der Waals surface area contributed by atoms with Crippen LogP contribution in [0.3, 0.4) is 0 Å². The molecule has 1 aliphatic carbocycles. The van der Waals surface area contributed by atoms with Crippen molar-refractivity contribution in [1.82, 2.24) is 15.5 Å². The van der Waals surface area contributed by atoms with Gasteiger partial charge in [0, 0.05) is 32.7 Å². The summed E-state index contributed by atoms with van der Waals surface area (Å²) in [5, 5.41) is 6.51. The van der Waals surface area contributed by atoms with Gasteiger partial charge in [0.15, 0.2) is 5.96 Å². The van der Waals surface area contributed by atoms with Gasteiger partial charge in [-0.1, -0.05) is 19.1 Å². The molecule has 0 amide bonds. The van der Waals surface area contributed by atoms with Crippen LogP contribution in [-0.4, -0.2) is 43.6 Å². The Morgan fingerprint density at radius 3 is 2.73 bits per heavy atom. The number of hydrogen-bond acceptors (Lipinski definition) is 2. The van der Waals surface area contributed by atoms with Crippen molar-refractivity contribution in [2.24, 2.45) is 4.99 Å². The van der Waals surface area contributed by atoms with Gasteiger partial charge in [-0.25, -0.2) is 4.39 Å². The zero-order chi connectivity index (χ0) is 15.1. The van der Waals surface area contributed by atoms with Crippen LogP contribution in [0.2, 0.25) is 0 Å². The fraction of sp³-hybridized carbons (Fsp3) is 0.562. The molecular weight excluding hydrogens is 394 g/mol. The third-order valence-electron chi connectivity index (χ3n) is 3.73. The third-order valence-corrected chi connectivity index (χ3v) is 3.73. The van der Waals surface area contributed by atoms with Gasteiger partial charge in [-0.3, -0.25) is 9.89 Å². The van der Waals surface area contributed by atoms with E-state index in [2.05, 4.69) is 27.4 Å². The second kappa shape index (κ2) is 9.99. The molecule has 0 aliphatic heterocycles. The van der Waals surface area contributed by atoms with Crippen LogP contribution in [-0.2, 0) is 6.54 Å². The van der Waals surface area contributed by atoms with Crippen molar-refractivity contribution < 1.29 is 4.39 Å². The second-order valence-corrected chi connectivity index (χ2v) is 5.34. The Hall–Kier alpha value is -0.890. The second-order valence-electron chi connectivity index (χ2n) is 5.34. The van der Waals surface area contributed by atoms with E-state index in [1.54, 1.807) is 13.1 Å². The molecule has 0 unspecified atom stereocenters. The van der Waals surface area contributed by atoms with Crippen LogP contribution in [0.1, 0.15) is 25.3 Å². The van der Waals surface area contributed by atoms with Gasteiger partial charge in [0.2, 0.25) is 0 Å². The summed E-state index contributed by atoms with van der Waals surface area (Å²) in [5.74, 6) is 0.548. The molecule has 0 heterocycles. The summed E-state index contributed by atoms with van der Waals surface area (Å²) in [7, 11) is 1.75. The molecular formula is C16H26FIN4. The maximum absolute atomic E-state index is 13.1. The van der Waals surface area contributed by atoms with E-state index in [0.29, 0.717) is 6.54 Å². The van der Waals surface area contributed by atoms with Crippen LogP contribution < -0.4 is 10.6 Å². The molecule has 2 rings (SSSR count). The molecule has 0 aromatic heterocycles. The smallest absolute Gasteiger partial charge is 0.191 e. The molecule has 22 heavy (non-hydrogen) atoms. The minimum Gasteiger partial charge on any atom is -0.355 e. The maximum atomic E-state index is 13.1. The predicted octanol–water partition coefficient (Wildman–Crippen LogP) is 2.59. The third kappa shape index (κ3) is 6.48. The van der Waals surface area contributed by atoms with Crippen LogP contribution in [0.25, 0.3) is 0 Å². The number of guanidine groups is 1. The number of nitrogens with zero attached hydrogens (tertiary/aromatic N) is 2.